The normalized spacial score (nSPS) is 17.0. The molecule has 0 aliphatic carbocycles. The number of amides is 1. The molecule has 140 valence electrons. The van der Waals surface area contributed by atoms with E-state index in [1.807, 2.05) is 6.92 Å². The molecule has 1 N–H and O–H groups in total. The molecule has 1 heterocycles. The number of aliphatic carboxylic acids is 1. The van der Waals surface area contributed by atoms with E-state index in [1.54, 1.807) is 25.1 Å². The van der Waals surface area contributed by atoms with Crippen molar-refractivity contribution in [2.45, 2.75) is 39.2 Å². The Balaban J connectivity index is 2.28. The summed E-state index contributed by atoms with van der Waals surface area (Å²) in [7, 11) is 0. The van der Waals surface area contributed by atoms with Crippen molar-refractivity contribution < 1.29 is 24.5 Å². The number of rotatable bonds is 8. The fraction of sp³-hybridized carbons (Fsp3) is 0.389. The van der Waals surface area contributed by atoms with Gasteiger partial charge in [0.15, 0.2) is 11.5 Å². The van der Waals surface area contributed by atoms with Crippen LogP contribution in [0, 0.1) is 0 Å². The number of phenolic OH excluding ortho intramolecular Hbond substituents is 1. The van der Waals surface area contributed by atoms with E-state index >= 15 is 0 Å². The summed E-state index contributed by atoms with van der Waals surface area (Å²) in [6.07, 6.45) is 3.37. The highest BCUT2D eigenvalue weighted by Crippen LogP contribution is 2.36. The SMILES string of the molecule is CCCC[C@H](C(=O)[O-])N1C(=O)/C(=C/c2ccc(O)c(OCC)c2)SC1=S. The van der Waals surface area contributed by atoms with Crippen molar-refractivity contribution in [1.82, 2.24) is 4.90 Å². The van der Waals surface area contributed by atoms with Crippen molar-refractivity contribution in [2.24, 2.45) is 0 Å². The fourth-order valence-corrected chi connectivity index (χ4v) is 3.90. The number of hydrogen-bond donors (Lipinski definition) is 1. The molecule has 1 aliphatic rings. The van der Waals surface area contributed by atoms with Crippen molar-refractivity contribution in [3.05, 3.63) is 28.7 Å². The van der Waals surface area contributed by atoms with Crippen LogP contribution in [0.4, 0.5) is 0 Å². The molecule has 1 aromatic rings. The number of ether oxygens (including phenoxy) is 1. The van der Waals surface area contributed by atoms with Crippen LogP contribution in [0.15, 0.2) is 23.1 Å². The molecular formula is C18H20NO5S2-. The lowest BCUT2D eigenvalue weighted by Gasteiger charge is -2.27. The van der Waals surface area contributed by atoms with Gasteiger partial charge < -0.3 is 19.7 Å². The molecule has 26 heavy (non-hydrogen) atoms. The highest BCUT2D eigenvalue weighted by molar-refractivity contribution is 8.26. The van der Waals surface area contributed by atoms with Gasteiger partial charge in [-0.25, -0.2) is 0 Å². The summed E-state index contributed by atoms with van der Waals surface area (Å²) in [6, 6.07) is 3.66. The molecule has 6 nitrogen and oxygen atoms in total. The van der Waals surface area contributed by atoms with Crippen molar-refractivity contribution in [3.63, 3.8) is 0 Å². The lowest BCUT2D eigenvalue weighted by molar-refractivity contribution is -0.310. The molecule has 1 amide bonds. The monoisotopic (exact) mass is 394 g/mol. The van der Waals surface area contributed by atoms with Gasteiger partial charge in [-0.2, -0.15) is 0 Å². The summed E-state index contributed by atoms with van der Waals surface area (Å²) in [5.41, 5.74) is 0.644. The second kappa shape index (κ2) is 9.05. The van der Waals surface area contributed by atoms with E-state index in [-0.39, 0.29) is 10.1 Å². The summed E-state index contributed by atoms with van der Waals surface area (Å²) in [5, 5.41) is 21.2. The minimum atomic E-state index is -1.31. The topological polar surface area (TPSA) is 89.9 Å². The van der Waals surface area contributed by atoms with Crippen LogP contribution in [0.1, 0.15) is 38.7 Å². The number of thiocarbonyl (C=S) groups is 1. The van der Waals surface area contributed by atoms with Crippen molar-refractivity contribution in [2.75, 3.05) is 6.61 Å². The number of nitrogens with zero attached hydrogens (tertiary/aromatic N) is 1. The Morgan fingerprint density at radius 1 is 1.46 bits per heavy atom. The van der Waals surface area contributed by atoms with Crippen LogP contribution >= 0.6 is 24.0 Å². The first kappa shape index (κ1) is 20.3. The number of carbonyl (C=O) groups is 2. The predicted molar refractivity (Wildman–Crippen MR) is 103 cm³/mol. The number of hydrogen-bond acceptors (Lipinski definition) is 7. The van der Waals surface area contributed by atoms with Crippen LogP contribution in [0.3, 0.4) is 0 Å². The van der Waals surface area contributed by atoms with Crippen molar-refractivity contribution in [3.8, 4) is 11.5 Å². The second-order valence-electron chi connectivity index (χ2n) is 5.69. The van der Waals surface area contributed by atoms with Gasteiger partial charge in [0.1, 0.15) is 4.32 Å². The number of carbonyl (C=O) groups excluding carboxylic acids is 2. The smallest absolute Gasteiger partial charge is 0.266 e. The number of benzene rings is 1. The first-order valence-electron chi connectivity index (χ1n) is 8.32. The average molecular weight is 394 g/mol. The maximum atomic E-state index is 12.7. The van der Waals surface area contributed by atoms with E-state index < -0.39 is 17.9 Å². The molecule has 8 heteroatoms. The van der Waals surface area contributed by atoms with Gasteiger partial charge in [0.25, 0.3) is 5.91 Å². The summed E-state index contributed by atoms with van der Waals surface area (Å²) >= 11 is 6.27. The van der Waals surface area contributed by atoms with Crippen LogP contribution in [0.5, 0.6) is 11.5 Å². The van der Waals surface area contributed by atoms with E-state index in [0.29, 0.717) is 35.7 Å². The molecule has 1 atom stereocenters. The molecule has 1 fully saturated rings. The van der Waals surface area contributed by atoms with E-state index in [4.69, 9.17) is 17.0 Å². The Morgan fingerprint density at radius 2 is 2.19 bits per heavy atom. The fourth-order valence-electron chi connectivity index (χ4n) is 2.54. The Labute approximate surface area is 161 Å². The Hall–Kier alpha value is -2.06. The summed E-state index contributed by atoms with van der Waals surface area (Å²) in [6.45, 7) is 4.13. The molecule has 1 saturated heterocycles. The molecule has 0 bridgehead atoms. The van der Waals surface area contributed by atoms with Gasteiger partial charge in [-0.1, -0.05) is 49.8 Å². The second-order valence-corrected chi connectivity index (χ2v) is 7.36. The number of thioether (sulfide) groups is 1. The average Bonchev–Trinajstić information content (AvgIpc) is 2.86. The Bertz CT molecular complexity index is 747. The predicted octanol–water partition coefficient (Wildman–Crippen LogP) is 2.30. The van der Waals surface area contributed by atoms with Crippen molar-refractivity contribution in [1.29, 1.82) is 0 Å². The standard InChI is InChI=1S/C18H21NO5S2/c1-3-5-6-12(17(22)23)19-16(21)15(26-18(19)25)10-11-7-8-13(20)14(9-11)24-4-2/h7-10,12,20H,3-6H2,1-2H3,(H,22,23)/p-1/b15-10-/t12-/m1/s1. The van der Waals surface area contributed by atoms with Crippen LogP contribution in [-0.2, 0) is 9.59 Å². The lowest BCUT2D eigenvalue weighted by Crippen LogP contribution is -2.49. The zero-order valence-electron chi connectivity index (χ0n) is 14.6. The highest BCUT2D eigenvalue weighted by atomic mass is 32.2. The molecule has 0 spiro atoms. The largest absolute Gasteiger partial charge is 0.548 e. The maximum Gasteiger partial charge on any atom is 0.266 e. The van der Waals surface area contributed by atoms with E-state index in [0.717, 1.165) is 23.1 Å². The van der Waals surface area contributed by atoms with Crippen molar-refractivity contribution >= 4 is 46.3 Å². The molecule has 0 aromatic heterocycles. The molecule has 2 rings (SSSR count). The van der Waals surface area contributed by atoms with E-state index in [9.17, 15) is 19.8 Å². The van der Waals surface area contributed by atoms with E-state index in [2.05, 4.69) is 0 Å². The van der Waals surface area contributed by atoms with Crippen LogP contribution < -0.4 is 9.84 Å². The molecule has 1 aliphatic heterocycles. The molecular weight excluding hydrogens is 374 g/mol. The number of aromatic hydroxyl groups is 1. The number of carboxylic acids is 1. The summed E-state index contributed by atoms with van der Waals surface area (Å²) < 4.78 is 5.54. The zero-order chi connectivity index (χ0) is 19.3. The van der Waals surface area contributed by atoms with Crippen LogP contribution in [0.25, 0.3) is 6.08 Å². The molecule has 1 aromatic carbocycles. The maximum absolute atomic E-state index is 12.7. The van der Waals surface area contributed by atoms with Gasteiger partial charge in [-0.15, -0.1) is 0 Å². The summed E-state index contributed by atoms with van der Waals surface area (Å²) in [4.78, 5) is 25.6. The number of unbranched alkanes of at least 4 members (excludes halogenated alkanes) is 1. The van der Waals surface area contributed by atoms with Gasteiger partial charge in [0.2, 0.25) is 0 Å². The van der Waals surface area contributed by atoms with Crippen LogP contribution in [0.2, 0.25) is 0 Å². The quantitative estimate of drug-likeness (QED) is 0.534. The van der Waals surface area contributed by atoms with Gasteiger partial charge in [-0.3, -0.25) is 9.69 Å². The first-order chi connectivity index (χ1) is 12.4. The first-order valence-corrected chi connectivity index (χ1v) is 9.55. The Kier molecular flexibility index (Phi) is 7.05. The number of carboxylic acid groups (broad SMARTS) is 1. The lowest BCUT2D eigenvalue weighted by atomic mass is 10.1. The Morgan fingerprint density at radius 3 is 2.81 bits per heavy atom. The van der Waals surface area contributed by atoms with Gasteiger partial charge >= 0.3 is 0 Å². The molecule has 0 unspecified atom stereocenters. The molecule has 0 radical (unpaired) electrons. The van der Waals surface area contributed by atoms with Crippen LogP contribution in [-0.4, -0.2) is 38.9 Å². The minimum absolute atomic E-state index is 0.00753. The third-order valence-electron chi connectivity index (χ3n) is 3.82. The zero-order valence-corrected chi connectivity index (χ0v) is 16.2. The minimum Gasteiger partial charge on any atom is -0.548 e. The van der Waals surface area contributed by atoms with Gasteiger partial charge in [0.05, 0.1) is 23.5 Å². The third-order valence-corrected chi connectivity index (χ3v) is 5.15. The highest BCUT2D eigenvalue weighted by Gasteiger charge is 2.37. The molecule has 0 saturated carbocycles. The van der Waals surface area contributed by atoms with E-state index in [1.165, 1.54) is 6.07 Å². The third kappa shape index (κ3) is 4.56. The van der Waals surface area contributed by atoms with Gasteiger partial charge in [-0.05, 0) is 37.1 Å². The van der Waals surface area contributed by atoms with Gasteiger partial charge in [0, 0.05) is 0 Å². The number of phenols is 1. The summed E-state index contributed by atoms with van der Waals surface area (Å²) in [5.74, 6) is -1.43.